The second-order valence-corrected chi connectivity index (χ2v) is 5.22. The highest BCUT2D eigenvalue weighted by molar-refractivity contribution is 5.03. The van der Waals surface area contributed by atoms with Crippen molar-refractivity contribution in [3.63, 3.8) is 0 Å². The van der Waals surface area contributed by atoms with Crippen LogP contribution in [0.15, 0.2) is 12.4 Å². The number of aromatic nitrogens is 2. The molecular formula is C13H25N3. The molecule has 1 N–H and O–H groups in total. The van der Waals surface area contributed by atoms with Gasteiger partial charge in [0.15, 0.2) is 0 Å². The lowest BCUT2D eigenvalue weighted by Gasteiger charge is -2.13. The average molecular weight is 223 g/mol. The Morgan fingerprint density at radius 3 is 2.62 bits per heavy atom. The van der Waals surface area contributed by atoms with Crippen molar-refractivity contribution in [2.75, 3.05) is 13.1 Å². The normalized spacial score (nSPS) is 13.3. The van der Waals surface area contributed by atoms with Crippen molar-refractivity contribution < 1.29 is 0 Å². The maximum atomic E-state index is 4.18. The lowest BCUT2D eigenvalue weighted by atomic mass is 10.0. The fourth-order valence-corrected chi connectivity index (χ4v) is 1.73. The Kier molecular flexibility index (Phi) is 5.53. The molecule has 92 valence electrons. The molecule has 0 aromatic carbocycles. The molecule has 1 aromatic rings. The van der Waals surface area contributed by atoms with Crippen molar-refractivity contribution in [3.8, 4) is 0 Å². The summed E-state index contributed by atoms with van der Waals surface area (Å²) in [5.41, 5.74) is 1.35. The van der Waals surface area contributed by atoms with E-state index in [0.29, 0.717) is 0 Å². The Balaban J connectivity index is 2.12. The maximum absolute atomic E-state index is 4.18. The first kappa shape index (κ1) is 13.2. The van der Waals surface area contributed by atoms with Crippen LogP contribution in [0.4, 0.5) is 0 Å². The molecule has 0 aliphatic heterocycles. The van der Waals surface area contributed by atoms with E-state index in [1.807, 2.05) is 17.9 Å². The van der Waals surface area contributed by atoms with Crippen molar-refractivity contribution in [2.24, 2.45) is 18.9 Å². The largest absolute Gasteiger partial charge is 0.316 e. The smallest absolute Gasteiger partial charge is 0.0521 e. The Morgan fingerprint density at radius 2 is 2.06 bits per heavy atom. The molecule has 1 aromatic heterocycles. The quantitative estimate of drug-likeness (QED) is 0.768. The van der Waals surface area contributed by atoms with E-state index in [9.17, 15) is 0 Å². The number of aryl methyl sites for hydroxylation is 2. The summed E-state index contributed by atoms with van der Waals surface area (Å²) in [6.45, 7) is 9.04. The topological polar surface area (TPSA) is 29.9 Å². The zero-order chi connectivity index (χ0) is 12.0. The fraction of sp³-hybridized carbons (Fsp3) is 0.769. The molecule has 3 nitrogen and oxygen atoms in total. The lowest BCUT2D eigenvalue weighted by Crippen LogP contribution is -2.25. The first-order valence-electron chi connectivity index (χ1n) is 6.26. The highest BCUT2D eigenvalue weighted by atomic mass is 15.2. The minimum absolute atomic E-state index is 0.735. The van der Waals surface area contributed by atoms with Gasteiger partial charge in [-0.3, -0.25) is 4.68 Å². The van der Waals surface area contributed by atoms with Crippen LogP contribution < -0.4 is 5.32 Å². The number of hydrogen-bond acceptors (Lipinski definition) is 2. The molecule has 0 amide bonds. The van der Waals surface area contributed by atoms with Crippen molar-refractivity contribution in [1.82, 2.24) is 15.1 Å². The number of rotatable bonds is 7. The average Bonchev–Trinajstić information content (AvgIpc) is 2.61. The standard InChI is InChI=1S/C13H25N3/c1-11(2)7-14-8-12(3)5-6-13-9-15-16(4)10-13/h9-12,14H,5-8H2,1-4H3. The molecule has 0 bridgehead atoms. The minimum atomic E-state index is 0.735. The summed E-state index contributed by atoms with van der Waals surface area (Å²) in [7, 11) is 1.97. The van der Waals surface area contributed by atoms with Gasteiger partial charge in [-0.1, -0.05) is 20.8 Å². The van der Waals surface area contributed by atoms with Crippen molar-refractivity contribution in [1.29, 1.82) is 0 Å². The van der Waals surface area contributed by atoms with Gasteiger partial charge in [-0.2, -0.15) is 5.10 Å². The van der Waals surface area contributed by atoms with Crippen LogP contribution in [0.1, 0.15) is 32.8 Å². The third-order valence-corrected chi connectivity index (χ3v) is 2.73. The van der Waals surface area contributed by atoms with E-state index in [2.05, 4.69) is 37.4 Å². The maximum Gasteiger partial charge on any atom is 0.0521 e. The SMILES string of the molecule is CC(C)CNCC(C)CCc1cnn(C)c1. The molecule has 0 fully saturated rings. The molecule has 0 radical (unpaired) electrons. The summed E-state index contributed by atoms with van der Waals surface area (Å²) in [6, 6.07) is 0. The number of nitrogens with one attached hydrogen (secondary N) is 1. The zero-order valence-electron chi connectivity index (χ0n) is 11.0. The van der Waals surface area contributed by atoms with E-state index in [0.717, 1.165) is 31.3 Å². The molecule has 0 aliphatic carbocycles. The van der Waals surface area contributed by atoms with Crippen molar-refractivity contribution in [3.05, 3.63) is 18.0 Å². The van der Waals surface area contributed by atoms with Crippen LogP contribution in [-0.2, 0) is 13.5 Å². The van der Waals surface area contributed by atoms with Crippen LogP contribution in [0.25, 0.3) is 0 Å². The van der Waals surface area contributed by atoms with Gasteiger partial charge < -0.3 is 5.32 Å². The van der Waals surface area contributed by atoms with Crippen LogP contribution in [-0.4, -0.2) is 22.9 Å². The molecule has 1 unspecified atom stereocenters. The Bertz CT molecular complexity index is 291. The molecule has 0 saturated carbocycles. The monoisotopic (exact) mass is 223 g/mol. The summed E-state index contributed by atoms with van der Waals surface area (Å²) in [5, 5.41) is 7.69. The van der Waals surface area contributed by atoms with E-state index >= 15 is 0 Å². The minimum Gasteiger partial charge on any atom is -0.316 e. The van der Waals surface area contributed by atoms with Crippen molar-refractivity contribution in [2.45, 2.75) is 33.6 Å². The van der Waals surface area contributed by atoms with Gasteiger partial charge >= 0.3 is 0 Å². The van der Waals surface area contributed by atoms with Crippen LogP contribution >= 0.6 is 0 Å². The lowest BCUT2D eigenvalue weighted by molar-refractivity contribution is 0.454. The van der Waals surface area contributed by atoms with Gasteiger partial charge in [0, 0.05) is 13.2 Å². The van der Waals surface area contributed by atoms with Gasteiger partial charge in [-0.05, 0) is 43.3 Å². The van der Waals surface area contributed by atoms with Gasteiger partial charge in [0.1, 0.15) is 0 Å². The predicted octanol–water partition coefficient (Wildman–Crippen LogP) is 2.23. The summed E-state index contributed by atoms with van der Waals surface area (Å²) >= 11 is 0. The molecule has 16 heavy (non-hydrogen) atoms. The van der Waals surface area contributed by atoms with E-state index < -0.39 is 0 Å². The highest BCUT2D eigenvalue weighted by Crippen LogP contribution is 2.08. The first-order chi connectivity index (χ1) is 7.58. The van der Waals surface area contributed by atoms with E-state index in [4.69, 9.17) is 0 Å². The molecule has 1 rings (SSSR count). The molecule has 1 heterocycles. The summed E-state index contributed by atoms with van der Waals surface area (Å²) in [6.07, 6.45) is 6.44. The van der Waals surface area contributed by atoms with E-state index in [1.54, 1.807) is 0 Å². The van der Waals surface area contributed by atoms with Crippen LogP contribution in [0.3, 0.4) is 0 Å². The zero-order valence-corrected chi connectivity index (χ0v) is 11.0. The molecule has 3 heteroatoms. The number of nitrogens with zero attached hydrogens (tertiary/aromatic N) is 2. The fourth-order valence-electron chi connectivity index (χ4n) is 1.73. The first-order valence-corrected chi connectivity index (χ1v) is 6.26. The third-order valence-electron chi connectivity index (χ3n) is 2.73. The summed E-state index contributed by atoms with van der Waals surface area (Å²) in [5.74, 6) is 1.48. The Morgan fingerprint density at radius 1 is 1.31 bits per heavy atom. The molecule has 0 spiro atoms. The molecular weight excluding hydrogens is 198 g/mol. The predicted molar refractivity (Wildman–Crippen MR) is 68.4 cm³/mol. The van der Waals surface area contributed by atoms with E-state index in [1.165, 1.54) is 12.0 Å². The third kappa shape index (κ3) is 5.31. The highest BCUT2D eigenvalue weighted by Gasteiger charge is 2.04. The van der Waals surface area contributed by atoms with Gasteiger partial charge in [0.25, 0.3) is 0 Å². The molecule has 0 aliphatic rings. The van der Waals surface area contributed by atoms with Gasteiger partial charge in [0.05, 0.1) is 6.20 Å². The summed E-state index contributed by atoms with van der Waals surface area (Å²) in [4.78, 5) is 0. The van der Waals surface area contributed by atoms with Gasteiger partial charge in [-0.25, -0.2) is 0 Å². The van der Waals surface area contributed by atoms with Crippen molar-refractivity contribution >= 4 is 0 Å². The van der Waals surface area contributed by atoms with Crippen LogP contribution in [0.2, 0.25) is 0 Å². The number of hydrogen-bond donors (Lipinski definition) is 1. The van der Waals surface area contributed by atoms with Gasteiger partial charge in [-0.15, -0.1) is 0 Å². The van der Waals surface area contributed by atoms with Gasteiger partial charge in [0.2, 0.25) is 0 Å². The van der Waals surface area contributed by atoms with E-state index in [-0.39, 0.29) is 0 Å². The Labute approximate surface area is 99.2 Å². The second kappa shape index (κ2) is 6.69. The summed E-state index contributed by atoms with van der Waals surface area (Å²) < 4.78 is 1.87. The molecule has 0 saturated heterocycles. The van der Waals surface area contributed by atoms with Crippen LogP contribution in [0, 0.1) is 11.8 Å². The Hall–Kier alpha value is -0.830. The second-order valence-electron chi connectivity index (χ2n) is 5.22. The van der Waals surface area contributed by atoms with Crippen LogP contribution in [0.5, 0.6) is 0 Å². The molecule has 1 atom stereocenters.